The summed E-state index contributed by atoms with van der Waals surface area (Å²) in [5.41, 5.74) is 2.18. The van der Waals surface area contributed by atoms with E-state index in [-0.39, 0.29) is 0 Å². The number of aromatic nitrogens is 1. The van der Waals surface area contributed by atoms with Crippen LogP contribution in [0.2, 0.25) is 0 Å². The molecule has 16 heavy (non-hydrogen) atoms. The lowest BCUT2D eigenvalue weighted by atomic mass is 10.2. The number of fused-ring (bicyclic) bond motifs is 1. The molecule has 0 unspecified atom stereocenters. The molecule has 0 aliphatic heterocycles. The summed E-state index contributed by atoms with van der Waals surface area (Å²) in [6.07, 6.45) is 0. The topological polar surface area (TPSA) is 34.4 Å². The Morgan fingerprint density at radius 3 is 2.81 bits per heavy atom. The van der Waals surface area contributed by atoms with E-state index in [0.29, 0.717) is 19.0 Å². The third-order valence-electron chi connectivity index (χ3n) is 2.78. The lowest BCUT2D eigenvalue weighted by Gasteiger charge is -2.07. The lowest BCUT2D eigenvalue weighted by molar-refractivity contribution is 0.129. The number of aryl methyl sites for hydroxylation is 1. The Kier molecular flexibility index (Phi) is 3.15. The predicted octanol–water partition coefficient (Wildman–Crippen LogP) is 2.90. The van der Waals surface area contributed by atoms with Gasteiger partial charge >= 0.3 is 0 Å². The number of phenolic OH excluding ortho intramolecular Hbond substituents is 1. The summed E-state index contributed by atoms with van der Waals surface area (Å²) in [7, 11) is 0. The maximum Gasteiger partial charge on any atom is 0.124 e. The number of benzene rings is 1. The average Bonchev–Trinajstić information content (AvgIpc) is 2.65. The second-order valence-corrected chi connectivity index (χ2v) is 3.73. The number of ether oxygens (including phenoxy) is 1. The molecule has 86 valence electrons. The van der Waals surface area contributed by atoms with E-state index >= 15 is 0 Å². The highest BCUT2D eigenvalue weighted by molar-refractivity contribution is 5.87. The molecule has 1 heterocycles. The minimum absolute atomic E-state index is 0.336. The third kappa shape index (κ3) is 1.78. The number of hydrogen-bond acceptors (Lipinski definition) is 2. The van der Waals surface area contributed by atoms with Gasteiger partial charge in [-0.15, -0.1) is 0 Å². The quantitative estimate of drug-likeness (QED) is 0.858. The highest BCUT2D eigenvalue weighted by Crippen LogP contribution is 2.28. The van der Waals surface area contributed by atoms with E-state index < -0.39 is 0 Å². The molecule has 1 N–H and O–H groups in total. The summed E-state index contributed by atoms with van der Waals surface area (Å²) in [5, 5.41) is 10.7. The lowest BCUT2D eigenvalue weighted by Crippen LogP contribution is -2.02. The molecule has 0 aliphatic carbocycles. The standard InChI is InChI=1S/C13H17NO2/c1-3-14-10(9-16-4-2)8-11-12(14)6-5-7-13(11)15/h5-8,15H,3-4,9H2,1-2H3. The van der Waals surface area contributed by atoms with Crippen molar-refractivity contribution in [2.45, 2.75) is 27.0 Å². The van der Waals surface area contributed by atoms with Crippen molar-refractivity contribution in [3.8, 4) is 5.75 Å². The molecule has 0 spiro atoms. The van der Waals surface area contributed by atoms with Crippen molar-refractivity contribution in [1.82, 2.24) is 4.57 Å². The predicted molar refractivity (Wildman–Crippen MR) is 64.6 cm³/mol. The van der Waals surface area contributed by atoms with Gasteiger partial charge in [0.15, 0.2) is 0 Å². The molecule has 1 aromatic heterocycles. The van der Waals surface area contributed by atoms with Gasteiger partial charge in [-0.05, 0) is 32.0 Å². The first-order chi connectivity index (χ1) is 7.77. The number of nitrogens with zero attached hydrogens (tertiary/aromatic N) is 1. The van der Waals surface area contributed by atoms with Crippen LogP contribution in [-0.4, -0.2) is 16.3 Å². The first-order valence-corrected chi connectivity index (χ1v) is 5.65. The zero-order chi connectivity index (χ0) is 11.5. The minimum Gasteiger partial charge on any atom is -0.507 e. The molecular formula is C13H17NO2. The summed E-state index contributed by atoms with van der Waals surface area (Å²) in [4.78, 5) is 0. The molecule has 0 bridgehead atoms. The SMILES string of the molecule is CCOCc1cc2c(O)cccc2n1CC. The van der Waals surface area contributed by atoms with Gasteiger partial charge < -0.3 is 14.4 Å². The average molecular weight is 219 g/mol. The Hall–Kier alpha value is -1.48. The van der Waals surface area contributed by atoms with Gasteiger partial charge in [0.25, 0.3) is 0 Å². The fourth-order valence-electron chi connectivity index (χ4n) is 2.02. The Morgan fingerprint density at radius 1 is 1.31 bits per heavy atom. The van der Waals surface area contributed by atoms with Crippen molar-refractivity contribution in [3.63, 3.8) is 0 Å². The molecule has 2 aromatic rings. The van der Waals surface area contributed by atoms with Gasteiger partial charge in [-0.1, -0.05) is 6.07 Å². The first kappa shape index (κ1) is 11.0. The zero-order valence-electron chi connectivity index (χ0n) is 9.73. The smallest absolute Gasteiger partial charge is 0.124 e. The van der Waals surface area contributed by atoms with Crippen LogP contribution in [0.5, 0.6) is 5.75 Å². The Labute approximate surface area is 95.3 Å². The van der Waals surface area contributed by atoms with Gasteiger partial charge in [-0.3, -0.25) is 0 Å². The molecule has 2 rings (SSSR count). The van der Waals surface area contributed by atoms with E-state index in [1.807, 2.05) is 25.1 Å². The second-order valence-electron chi connectivity index (χ2n) is 3.73. The van der Waals surface area contributed by atoms with E-state index in [0.717, 1.165) is 23.1 Å². The van der Waals surface area contributed by atoms with Crippen LogP contribution < -0.4 is 0 Å². The number of aromatic hydroxyl groups is 1. The minimum atomic E-state index is 0.336. The van der Waals surface area contributed by atoms with Crippen molar-refractivity contribution in [2.24, 2.45) is 0 Å². The molecule has 3 heteroatoms. The maximum absolute atomic E-state index is 9.78. The molecule has 3 nitrogen and oxygen atoms in total. The largest absolute Gasteiger partial charge is 0.507 e. The molecule has 0 amide bonds. The molecule has 0 radical (unpaired) electrons. The van der Waals surface area contributed by atoms with Gasteiger partial charge in [0, 0.05) is 24.2 Å². The van der Waals surface area contributed by atoms with E-state index in [4.69, 9.17) is 4.74 Å². The number of phenols is 1. The van der Waals surface area contributed by atoms with Gasteiger partial charge in [-0.25, -0.2) is 0 Å². The van der Waals surface area contributed by atoms with Gasteiger partial charge in [0.2, 0.25) is 0 Å². The van der Waals surface area contributed by atoms with Crippen LogP contribution in [0.3, 0.4) is 0 Å². The monoisotopic (exact) mass is 219 g/mol. The molecule has 0 fully saturated rings. The zero-order valence-corrected chi connectivity index (χ0v) is 9.73. The summed E-state index contributed by atoms with van der Waals surface area (Å²) < 4.78 is 7.60. The van der Waals surface area contributed by atoms with E-state index in [2.05, 4.69) is 11.5 Å². The van der Waals surface area contributed by atoms with Crippen LogP contribution in [0, 0.1) is 0 Å². The van der Waals surface area contributed by atoms with Crippen LogP contribution >= 0.6 is 0 Å². The van der Waals surface area contributed by atoms with Crippen LogP contribution in [-0.2, 0) is 17.9 Å². The molecule has 0 aliphatic rings. The summed E-state index contributed by atoms with van der Waals surface area (Å²) in [6.45, 7) is 6.26. The number of rotatable bonds is 4. The molecule has 0 atom stereocenters. The van der Waals surface area contributed by atoms with Crippen molar-refractivity contribution in [3.05, 3.63) is 30.0 Å². The molecular weight excluding hydrogens is 202 g/mol. The Balaban J connectivity index is 2.52. The molecule has 1 aromatic carbocycles. The van der Waals surface area contributed by atoms with Gasteiger partial charge in [-0.2, -0.15) is 0 Å². The van der Waals surface area contributed by atoms with Crippen LogP contribution in [0.25, 0.3) is 10.9 Å². The summed E-state index contributed by atoms with van der Waals surface area (Å²) in [6, 6.07) is 7.61. The van der Waals surface area contributed by atoms with Gasteiger partial charge in [0.1, 0.15) is 5.75 Å². The summed E-state index contributed by atoms with van der Waals surface area (Å²) >= 11 is 0. The highest BCUT2D eigenvalue weighted by Gasteiger charge is 2.09. The third-order valence-corrected chi connectivity index (χ3v) is 2.78. The fourth-order valence-corrected chi connectivity index (χ4v) is 2.02. The van der Waals surface area contributed by atoms with Gasteiger partial charge in [0.05, 0.1) is 12.1 Å². The highest BCUT2D eigenvalue weighted by atomic mass is 16.5. The second kappa shape index (κ2) is 4.58. The van der Waals surface area contributed by atoms with Crippen molar-refractivity contribution < 1.29 is 9.84 Å². The van der Waals surface area contributed by atoms with Crippen LogP contribution in [0.4, 0.5) is 0 Å². The molecule has 0 saturated heterocycles. The Bertz CT molecular complexity index is 488. The van der Waals surface area contributed by atoms with Crippen molar-refractivity contribution >= 4 is 10.9 Å². The maximum atomic E-state index is 9.78. The van der Waals surface area contributed by atoms with Crippen molar-refractivity contribution in [1.29, 1.82) is 0 Å². The Morgan fingerprint density at radius 2 is 2.12 bits per heavy atom. The van der Waals surface area contributed by atoms with E-state index in [1.54, 1.807) is 6.07 Å². The van der Waals surface area contributed by atoms with Crippen LogP contribution in [0.1, 0.15) is 19.5 Å². The van der Waals surface area contributed by atoms with E-state index in [9.17, 15) is 5.11 Å². The summed E-state index contributed by atoms with van der Waals surface area (Å²) in [5.74, 6) is 0.336. The fraction of sp³-hybridized carbons (Fsp3) is 0.385. The van der Waals surface area contributed by atoms with Crippen LogP contribution in [0.15, 0.2) is 24.3 Å². The van der Waals surface area contributed by atoms with Crippen molar-refractivity contribution in [2.75, 3.05) is 6.61 Å². The normalized spacial score (nSPS) is 11.1. The van der Waals surface area contributed by atoms with E-state index in [1.165, 1.54) is 0 Å². The molecule has 0 saturated carbocycles. The number of hydrogen-bond donors (Lipinski definition) is 1. The first-order valence-electron chi connectivity index (χ1n) is 5.65.